The first kappa shape index (κ1) is 14.0. The Balaban J connectivity index is 2.31. The van der Waals surface area contributed by atoms with Crippen LogP contribution < -0.4 is 0 Å². The van der Waals surface area contributed by atoms with Gasteiger partial charge in [-0.25, -0.2) is 0 Å². The van der Waals surface area contributed by atoms with Crippen LogP contribution in [0.5, 0.6) is 0 Å². The van der Waals surface area contributed by atoms with Crippen LogP contribution >= 0.6 is 0 Å². The quantitative estimate of drug-likeness (QED) is 0.649. The topological polar surface area (TPSA) is 60.8 Å². The summed E-state index contributed by atoms with van der Waals surface area (Å²) in [5.41, 5.74) is 0. The Hall–Kier alpha value is -1.05. The molecule has 2 N–H and O–H groups in total. The second-order valence-corrected chi connectivity index (χ2v) is 4.81. The van der Waals surface area contributed by atoms with E-state index in [1.54, 1.807) is 4.90 Å². The number of aliphatic hydroxyl groups is 1. The van der Waals surface area contributed by atoms with Crippen LogP contribution in [0.3, 0.4) is 0 Å². The molecule has 0 spiro atoms. The summed E-state index contributed by atoms with van der Waals surface area (Å²) in [5, 5.41) is 18.6. The van der Waals surface area contributed by atoms with Crippen molar-refractivity contribution in [1.29, 1.82) is 0 Å². The summed E-state index contributed by atoms with van der Waals surface area (Å²) in [5.74, 6) is 2.11. The van der Waals surface area contributed by atoms with Gasteiger partial charge in [0.25, 0.3) is 0 Å². The number of carboxylic acids is 1. The zero-order chi connectivity index (χ0) is 12.7. The van der Waals surface area contributed by atoms with Crippen molar-refractivity contribution in [2.75, 3.05) is 19.6 Å². The fourth-order valence-electron chi connectivity index (χ4n) is 2.51. The molecule has 1 rings (SSSR count). The van der Waals surface area contributed by atoms with Crippen LogP contribution in [0.15, 0.2) is 0 Å². The van der Waals surface area contributed by atoms with Gasteiger partial charge in [0.15, 0.2) is 0 Å². The van der Waals surface area contributed by atoms with E-state index in [4.69, 9.17) is 11.5 Å². The lowest BCUT2D eigenvalue weighted by Gasteiger charge is -2.22. The fraction of sp³-hybridized carbons (Fsp3) is 0.769. The molecule has 0 aliphatic heterocycles. The van der Waals surface area contributed by atoms with Crippen molar-refractivity contribution in [3.63, 3.8) is 0 Å². The number of hydrogen-bond donors (Lipinski definition) is 2. The zero-order valence-corrected chi connectivity index (χ0v) is 10.1. The number of rotatable bonds is 7. The Bertz CT molecular complexity index is 279. The first-order valence-corrected chi connectivity index (χ1v) is 6.17. The Labute approximate surface area is 103 Å². The molecular weight excluding hydrogens is 218 g/mol. The highest BCUT2D eigenvalue weighted by atomic mass is 16.4. The van der Waals surface area contributed by atoms with Gasteiger partial charge >= 0.3 is 5.97 Å². The van der Waals surface area contributed by atoms with Crippen LogP contribution in [0.25, 0.3) is 0 Å². The molecule has 4 heteroatoms. The monoisotopic (exact) mass is 239 g/mol. The summed E-state index contributed by atoms with van der Waals surface area (Å²) in [7, 11) is 0. The van der Waals surface area contributed by atoms with Gasteiger partial charge in [0.05, 0.1) is 19.2 Å². The van der Waals surface area contributed by atoms with Crippen LogP contribution in [0.1, 0.15) is 32.1 Å². The molecule has 0 radical (unpaired) electrons. The van der Waals surface area contributed by atoms with Gasteiger partial charge in [0.2, 0.25) is 0 Å². The van der Waals surface area contributed by atoms with Gasteiger partial charge in [-0.3, -0.25) is 9.69 Å². The smallest absolute Gasteiger partial charge is 0.317 e. The molecule has 1 aliphatic carbocycles. The van der Waals surface area contributed by atoms with E-state index in [1.807, 2.05) is 0 Å². The van der Waals surface area contributed by atoms with Crippen molar-refractivity contribution in [2.24, 2.45) is 5.92 Å². The second-order valence-electron chi connectivity index (χ2n) is 4.81. The SMILES string of the molecule is C#CCN(CC(=O)O)CC(O)CC1CCCC1. The summed E-state index contributed by atoms with van der Waals surface area (Å²) in [4.78, 5) is 12.2. The Morgan fingerprint density at radius 3 is 2.65 bits per heavy atom. The standard InChI is InChI=1S/C13H21NO3/c1-2-7-14(10-13(16)17)9-12(15)8-11-5-3-4-6-11/h1,11-12,15H,3-10H2,(H,16,17). The molecule has 0 aromatic carbocycles. The number of carboxylic acid groups (broad SMARTS) is 1. The highest BCUT2D eigenvalue weighted by Crippen LogP contribution is 2.28. The number of carbonyl (C=O) groups is 1. The molecule has 1 atom stereocenters. The first-order valence-electron chi connectivity index (χ1n) is 6.17. The maximum atomic E-state index is 10.6. The molecule has 0 bridgehead atoms. The zero-order valence-electron chi connectivity index (χ0n) is 10.1. The Kier molecular flexibility index (Phi) is 6.03. The van der Waals surface area contributed by atoms with E-state index in [1.165, 1.54) is 25.7 Å². The molecular formula is C13H21NO3. The first-order chi connectivity index (χ1) is 8.11. The molecule has 17 heavy (non-hydrogen) atoms. The van der Waals surface area contributed by atoms with Gasteiger partial charge in [-0.05, 0) is 12.3 Å². The van der Waals surface area contributed by atoms with Crippen molar-refractivity contribution >= 4 is 5.97 Å². The lowest BCUT2D eigenvalue weighted by molar-refractivity contribution is -0.138. The normalized spacial score (nSPS) is 18.2. The molecule has 0 amide bonds. The molecule has 4 nitrogen and oxygen atoms in total. The van der Waals surface area contributed by atoms with Gasteiger partial charge in [0.1, 0.15) is 0 Å². The van der Waals surface area contributed by atoms with Crippen molar-refractivity contribution in [1.82, 2.24) is 4.90 Å². The lowest BCUT2D eigenvalue weighted by Crippen LogP contribution is -2.37. The van der Waals surface area contributed by atoms with E-state index in [0.29, 0.717) is 12.5 Å². The predicted octanol–water partition coefficient (Wildman–Crippen LogP) is 0.947. The molecule has 0 aromatic rings. The molecule has 0 saturated heterocycles. The van der Waals surface area contributed by atoms with Gasteiger partial charge in [-0.2, -0.15) is 0 Å². The highest BCUT2D eigenvalue weighted by Gasteiger charge is 2.21. The average Bonchev–Trinajstić information content (AvgIpc) is 2.69. The number of nitrogens with zero attached hydrogens (tertiary/aromatic N) is 1. The van der Waals surface area contributed by atoms with Gasteiger partial charge in [-0.1, -0.05) is 31.6 Å². The fourth-order valence-corrected chi connectivity index (χ4v) is 2.51. The maximum Gasteiger partial charge on any atom is 0.317 e. The highest BCUT2D eigenvalue weighted by molar-refractivity contribution is 5.69. The minimum atomic E-state index is -0.909. The molecule has 0 heterocycles. The number of aliphatic hydroxyl groups excluding tert-OH is 1. The number of terminal acetylenes is 1. The third kappa shape index (κ3) is 5.71. The minimum Gasteiger partial charge on any atom is -0.480 e. The van der Waals surface area contributed by atoms with E-state index < -0.39 is 12.1 Å². The summed E-state index contributed by atoms with van der Waals surface area (Å²) in [6.45, 7) is 0.521. The summed E-state index contributed by atoms with van der Waals surface area (Å²) in [6, 6.07) is 0. The second kappa shape index (κ2) is 7.31. The van der Waals surface area contributed by atoms with Crippen molar-refractivity contribution < 1.29 is 15.0 Å². The summed E-state index contributed by atoms with van der Waals surface area (Å²) < 4.78 is 0. The Morgan fingerprint density at radius 2 is 2.12 bits per heavy atom. The predicted molar refractivity (Wildman–Crippen MR) is 65.5 cm³/mol. The minimum absolute atomic E-state index is 0.105. The van der Waals surface area contributed by atoms with E-state index in [2.05, 4.69) is 5.92 Å². The number of hydrogen-bond acceptors (Lipinski definition) is 3. The van der Waals surface area contributed by atoms with E-state index in [-0.39, 0.29) is 13.1 Å². The van der Waals surface area contributed by atoms with Crippen LogP contribution in [0, 0.1) is 18.3 Å². The molecule has 96 valence electrons. The van der Waals surface area contributed by atoms with Crippen molar-refractivity contribution in [2.45, 2.75) is 38.2 Å². The van der Waals surface area contributed by atoms with Crippen molar-refractivity contribution in [3.05, 3.63) is 0 Å². The molecule has 1 saturated carbocycles. The summed E-state index contributed by atoms with van der Waals surface area (Å²) >= 11 is 0. The molecule has 0 aromatic heterocycles. The maximum absolute atomic E-state index is 10.6. The molecule has 1 aliphatic rings. The summed E-state index contributed by atoms with van der Waals surface area (Å²) in [6.07, 6.45) is 10.3. The van der Waals surface area contributed by atoms with E-state index >= 15 is 0 Å². The number of aliphatic carboxylic acids is 1. The largest absolute Gasteiger partial charge is 0.480 e. The van der Waals surface area contributed by atoms with Crippen LogP contribution in [0.2, 0.25) is 0 Å². The average molecular weight is 239 g/mol. The van der Waals surface area contributed by atoms with Crippen LogP contribution in [0.4, 0.5) is 0 Å². The molecule has 1 fully saturated rings. The third-order valence-electron chi connectivity index (χ3n) is 3.22. The third-order valence-corrected chi connectivity index (χ3v) is 3.22. The van der Waals surface area contributed by atoms with E-state index in [0.717, 1.165) is 6.42 Å². The Morgan fingerprint density at radius 1 is 1.47 bits per heavy atom. The van der Waals surface area contributed by atoms with E-state index in [9.17, 15) is 9.90 Å². The lowest BCUT2D eigenvalue weighted by atomic mass is 10.00. The van der Waals surface area contributed by atoms with Crippen LogP contribution in [-0.4, -0.2) is 46.8 Å². The molecule has 1 unspecified atom stereocenters. The van der Waals surface area contributed by atoms with Gasteiger partial charge in [0, 0.05) is 6.54 Å². The van der Waals surface area contributed by atoms with Crippen LogP contribution in [-0.2, 0) is 4.79 Å². The van der Waals surface area contributed by atoms with Gasteiger partial charge < -0.3 is 10.2 Å². The van der Waals surface area contributed by atoms with Crippen molar-refractivity contribution in [3.8, 4) is 12.3 Å². The van der Waals surface area contributed by atoms with Gasteiger partial charge in [-0.15, -0.1) is 6.42 Å².